The highest BCUT2D eigenvalue weighted by molar-refractivity contribution is 5.78. The van der Waals surface area contributed by atoms with Crippen LogP contribution in [0.4, 0.5) is 0 Å². The van der Waals surface area contributed by atoms with Crippen molar-refractivity contribution in [2.24, 2.45) is 0 Å². The number of piperidine rings is 1. The topological polar surface area (TPSA) is 44.4 Å². The van der Waals surface area contributed by atoms with Crippen LogP contribution in [-0.2, 0) is 11.3 Å². The molecule has 0 bridgehead atoms. The molecule has 2 rings (SSSR count). The predicted octanol–water partition coefficient (Wildman–Crippen LogP) is 1.30. The van der Waals surface area contributed by atoms with Crippen molar-refractivity contribution in [2.45, 2.75) is 32.4 Å². The highest BCUT2D eigenvalue weighted by atomic mass is 16.2. The number of nitrogens with one attached hydrogen (secondary N) is 2. The van der Waals surface area contributed by atoms with Crippen molar-refractivity contribution in [1.29, 1.82) is 0 Å². The summed E-state index contributed by atoms with van der Waals surface area (Å²) in [5.41, 5.74) is 2.41. The van der Waals surface area contributed by atoms with Crippen molar-refractivity contribution in [1.82, 2.24) is 15.5 Å². The van der Waals surface area contributed by atoms with Crippen LogP contribution in [0.2, 0.25) is 0 Å². The Morgan fingerprint density at radius 3 is 2.95 bits per heavy atom. The number of nitrogens with zero attached hydrogens (tertiary/aromatic N) is 1. The molecule has 1 amide bonds. The van der Waals surface area contributed by atoms with Gasteiger partial charge in [-0.1, -0.05) is 24.3 Å². The van der Waals surface area contributed by atoms with Gasteiger partial charge in [0, 0.05) is 19.1 Å². The van der Waals surface area contributed by atoms with Gasteiger partial charge in [0.2, 0.25) is 5.91 Å². The Hall–Kier alpha value is -1.39. The van der Waals surface area contributed by atoms with Gasteiger partial charge in [0.15, 0.2) is 0 Å². The lowest BCUT2D eigenvalue weighted by Crippen LogP contribution is -2.47. The van der Waals surface area contributed by atoms with Crippen LogP contribution in [0, 0.1) is 6.92 Å². The minimum atomic E-state index is 0.116. The molecule has 1 aliphatic rings. The average molecular weight is 275 g/mol. The summed E-state index contributed by atoms with van der Waals surface area (Å²) in [5.74, 6) is 0.116. The van der Waals surface area contributed by atoms with Crippen molar-refractivity contribution in [3.8, 4) is 0 Å². The quantitative estimate of drug-likeness (QED) is 0.851. The van der Waals surface area contributed by atoms with Gasteiger partial charge >= 0.3 is 0 Å². The first-order valence-electron chi connectivity index (χ1n) is 7.40. The molecule has 0 aliphatic carbocycles. The van der Waals surface area contributed by atoms with Gasteiger partial charge in [0.05, 0.1) is 6.54 Å². The van der Waals surface area contributed by atoms with Crippen molar-refractivity contribution in [3.63, 3.8) is 0 Å². The Morgan fingerprint density at radius 2 is 2.20 bits per heavy atom. The summed E-state index contributed by atoms with van der Waals surface area (Å²) in [4.78, 5) is 14.3. The molecular formula is C16H25N3O. The van der Waals surface area contributed by atoms with E-state index in [0.29, 0.717) is 19.1 Å². The molecule has 1 fully saturated rings. The first-order valence-corrected chi connectivity index (χ1v) is 7.40. The average Bonchev–Trinajstić information content (AvgIpc) is 2.46. The van der Waals surface area contributed by atoms with Crippen LogP contribution in [0.1, 0.15) is 24.0 Å². The Kier molecular flexibility index (Phi) is 5.56. The Labute approximate surface area is 121 Å². The van der Waals surface area contributed by atoms with Crippen molar-refractivity contribution < 1.29 is 4.79 Å². The number of aryl methyl sites for hydroxylation is 1. The molecule has 1 aromatic rings. The number of carbonyl (C=O) groups excluding carboxylic acids is 1. The van der Waals surface area contributed by atoms with Crippen LogP contribution < -0.4 is 10.6 Å². The molecule has 2 N–H and O–H groups in total. The van der Waals surface area contributed by atoms with Crippen molar-refractivity contribution in [3.05, 3.63) is 35.4 Å². The fourth-order valence-electron chi connectivity index (χ4n) is 2.70. The molecule has 0 spiro atoms. The summed E-state index contributed by atoms with van der Waals surface area (Å²) < 4.78 is 0. The van der Waals surface area contributed by atoms with Crippen LogP contribution in [0.3, 0.4) is 0 Å². The predicted molar refractivity (Wildman–Crippen MR) is 81.5 cm³/mol. The van der Waals surface area contributed by atoms with E-state index in [1.54, 1.807) is 0 Å². The lowest BCUT2D eigenvalue weighted by Gasteiger charge is -2.31. The number of likely N-dealkylation sites (tertiary alicyclic amines) is 1. The highest BCUT2D eigenvalue weighted by Crippen LogP contribution is 2.09. The molecule has 1 atom stereocenters. The Bertz CT molecular complexity index is 447. The van der Waals surface area contributed by atoms with Crippen molar-refractivity contribution in [2.75, 3.05) is 26.7 Å². The maximum Gasteiger partial charge on any atom is 0.234 e. The van der Waals surface area contributed by atoms with Gasteiger partial charge in [-0.25, -0.2) is 0 Å². The summed E-state index contributed by atoms with van der Waals surface area (Å²) in [6.45, 7) is 5.19. The second-order valence-electron chi connectivity index (χ2n) is 5.57. The van der Waals surface area contributed by atoms with E-state index in [1.807, 2.05) is 19.2 Å². The molecule has 0 radical (unpaired) electrons. The van der Waals surface area contributed by atoms with E-state index >= 15 is 0 Å². The second-order valence-corrected chi connectivity index (χ2v) is 5.57. The molecule has 4 heteroatoms. The monoisotopic (exact) mass is 275 g/mol. The number of likely N-dealkylation sites (N-methyl/N-ethyl adjacent to an activating group) is 1. The van der Waals surface area contributed by atoms with E-state index in [0.717, 1.165) is 19.5 Å². The number of amides is 1. The van der Waals surface area contributed by atoms with Crippen molar-refractivity contribution >= 4 is 5.91 Å². The van der Waals surface area contributed by atoms with E-state index < -0.39 is 0 Å². The van der Waals surface area contributed by atoms with Crippen LogP contribution in [0.15, 0.2) is 24.3 Å². The highest BCUT2D eigenvalue weighted by Gasteiger charge is 2.20. The Balaban J connectivity index is 1.77. The zero-order valence-electron chi connectivity index (χ0n) is 12.5. The molecule has 1 saturated heterocycles. The lowest BCUT2D eigenvalue weighted by molar-refractivity contribution is -0.122. The maximum atomic E-state index is 12.0. The van der Waals surface area contributed by atoms with Gasteiger partial charge in [-0.15, -0.1) is 0 Å². The van der Waals surface area contributed by atoms with E-state index in [2.05, 4.69) is 34.6 Å². The number of rotatable bonds is 5. The number of carbonyl (C=O) groups is 1. The first-order chi connectivity index (χ1) is 9.69. The van der Waals surface area contributed by atoms with E-state index in [4.69, 9.17) is 0 Å². The third kappa shape index (κ3) is 4.32. The molecular weight excluding hydrogens is 250 g/mol. The lowest BCUT2D eigenvalue weighted by atomic mass is 10.1. The van der Waals surface area contributed by atoms with Gasteiger partial charge in [0.25, 0.3) is 0 Å². The zero-order valence-corrected chi connectivity index (χ0v) is 12.5. The van der Waals surface area contributed by atoms with Gasteiger partial charge in [-0.2, -0.15) is 0 Å². The van der Waals surface area contributed by atoms with Gasteiger partial charge in [-0.3, -0.25) is 9.69 Å². The third-order valence-corrected chi connectivity index (χ3v) is 4.02. The largest absolute Gasteiger partial charge is 0.351 e. The second kappa shape index (κ2) is 7.41. The summed E-state index contributed by atoms with van der Waals surface area (Å²) >= 11 is 0. The minimum absolute atomic E-state index is 0.116. The van der Waals surface area contributed by atoms with E-state index in [1.165, 1.54) is 17.5 Å². The number of hydrogen-bond acceptors (Lipinski definition) is 3. The van der Waals surface area contributed by atoms with E-state index in [-0.39, 0.29) is 5.91 Å². The van der Waals surface area contributed by atoms with Crippen LogP contribution in [0.5, 0.6) is 0 Å². The minimum Gasteiger partial charge on any atom is -0.351 e. The normalized spacial score (nSPS) is 19.8. The standard InChI is InChI=1S/C16H25N3O/c1-13-6-3-4-7-14(13)10-18-16(20)12-19-9-5-8-15(11-19)17-2/h3-4,6-7,15,17H,5,8-12H2,1-2H3,(H,18,20). The molecule has 0 aromatic heterocycles. The summed E-state index contributed by atoms with van der Waals surface area (Å²) in [7, 11) is 1.99. The van der Waals surface area contributed by atoms with Crippen LogP contribution in [0.25, 0.3) is 0 Å². The SMILES string of the molecule is CNC1CCCN(CC(=O)NCc2ccccc2C)C1. The van der Waals surface area contributed by atoms with E-state index in [9.17, 15) is 4.79 Å². The smallest absolute Gasteiger partial charge is 0.234 e. The molecule has 4 nitrogen and oxygen atoms in total. The molecule has 1 heterocycles. The van der Waals surface area contributed by atoms with Crippen LogP contribution in [-0.4, -0.2) is 43.5 Å². The fourth-order valence-corrected chi connectivity index (χ4v) is 2.70. The molecule has 1 aliphatic heterocycles. The summed E-state index contributed by atoms with van der Waals surface area (Å²) in [5, 5.41) is 6.32. The third-order valence-electron chi connectivity index (χ3n) is 4.02. The Morgan fingerprint density at radius 1 is 1.40 bits per heavy atom. The van der Waals surface area contributed by atoms with Gasteiger partial charge < -0.3 is 10.6 Å². The summed E-state index contributed by atoms with van der Waals surface area (Å²) in [6.07, 6.45) is 2.37. The molecule has 1 aromatic carbocycles. The summed E-state index contributed by atoms with van der Waals surface area (Å²) in [6, 6.07) is 8.69. The fraction of sp³-hybridized carbons (Fsp3) is 0.562. The van der Waals surface area contributed by atoms with Crippen LogP contribution >= 0.6 is 0 Å². The number of hydrogen-bond donors (Lipinski definition) is 2. The molecule has 20 heavy (non-hydrogen) atoms. The van der Waals surface area contributed by atoms with Gasteiger partial charge in [0.1, 0.15) is 0 Å². The van der Waals surface area contributed by atoms with Gasteiger partial charge in [-0.05, 0) is 44.5 Å². The molecule has 110 valence electrons. The molecule has 1 unspecified atom stereocenters. The first kappa shape index (κ1) is 15.0. The molecule has 0 saturated carbocycles. The number of benzene rings is 1. The zero-order chi connectivity index (χ0) is 14.4. The maximum absolute atomic E-state index is 12.0.